The van der Waals surface area contributed by atoms with Crippen molar-refractivity contribution in [2.75, 3.05) is 33.3 Å². The summed E-state index contributed by atoms with van der Waals surface area (Å²) in [5.74, 6) is -0.221. The van der Waals surface area contributed by atoms with Crippen molar-refractivity contribution in [1.82, 2.24) is 15.2 Å². The molecule has 1 aromatic carbocycles. The number of hydrogen-bond donors (Lipinski definition) is 1. The third-order valence-corrected chi connectivity index (χ3v) is 3.78. The average molecular weight is 289 g/mol. The predicted molar refractivity (Wildman–Crippen MR) is 80.6 cm³/mol. The van der Waals surface area contributed by atoms with Crippen molar-refractivity contribution in [3.63, 3.8) is 0 Å². The Hall–Kier alpha value is -1.56. The van der Waals surface area contributed by atoms with Gasteiger partial charge in [0, 0.05) is 37.8 Å². The smallest absolute Gasteiger partial charge is 0.124 e. The minimum Gasteiger partial charge on any atom is -0.374 e. The van der Waals surface area contributed by atoms with E-state index < -0.39 is 0 Å². The minimum atomic E-state index is -0.221. The molecule has 5 heteroatoms. The first-order chi connectivity index (χ1) is 10.2. The van der Waals surface area contributed by atoms with E-state index >= 15 is 0 Å². The second-order valence-corrected chi connectivity index (χ2v) is 5.53. The zero-order chi connectivity index (χ0) is 14.7. The number of pyridine rings is 1. The first-order valence-electron chi connectivity index (χ1n) is 7.26. The second kappa shape index (κ2) is 6.47. The summed E-state index contributed by atoms with van der Waals surface area (Å²) in [7, 11) is 2.10. The molecular weight excluding hydrogens is 269 g/mol. The van der Waals surface area contributed by atoms with E-state index in [-0.39, 0.29) is 11.9 Å². The molecule has 1 unspecified atom stereocenters. The van der Waals surface area contributed by atoms with Gasteiger partial charge in [0.25, 0.3) is 0 Å². The predicted octanol–water partition coefficient (Wildman–Crippen LogP) is 1.79. The maximum atomic E-state index is 13.6. The summed E-state index contributed by atoms with van der Waals surface area (Å²) in [6.07, 6.45) is 1.93. The molecule has 21 heavy (non-hydrogen) atoms. The molecule has 1 atom stereocenters. The largest absolute Gasteiger partial charge is 0.374 e. The van der Waals surface area contributed by atoms with Gasteiger partial charge < -0.3 is 15.0 Å². The van der Waals surface area contributed by atoms with Gasteiger partial charge in [0.2, 0.25) is 0 Å². The summed E-state index contributed by atoms with van der Waals surface area (Å²) >= 11 is 0. The van der Waals surface area contributed by atoms with Crippen molar-refractivity contribution in [1.29, 1.82) is 0 Å². The first kappa shape index (κ1) is 14.4. The summed E-state index contributed by atoms with van der Waals surface area (Å²) in [6.45, 7) is 4.03. The molecule has 0 radical (unpaired) electrons. The molecule has 1 aliphatic rings. The molecule has 0 amide bonds. The van der Waals surface area contributed by atoms with E-state index in [1.165, 1.54) is 6.07 Å². The van der Waals surface area contributed by atoms with Gasteiger partial charge in [0.1, 0.15) is 5.82 Å². The van der Waals surface area contributed by atoms with Gasteiger partial charge in [-0.05, 0) is 30.8 Å². The fourth-order valence-corrected chi connectivity index (χ4v) is 2.72. The Morgan fingerprint density at radius 2 is 2.38 bits per heavy atom. The highest BCUT2D eigenvalue weighted by Crippen LogP contribution is 2.18. The van der Waals surface area contributed by atoms with E-state index in [2.05, 4.69) is 22.2 Å². The zero-order valence-corrected chi connectivity index (χ0v) is 12.2. The van der Waals surface area contributed by atoms with E-state index in [1.54, 1.807) is 12.3 Å². The van der Waals surface area contributed by atoms with Crippen molar-refractivity contribution in [3.8, 4) is 0 Å². The van der Waals surface area contributed by atoms with Crippen LogP contribution < -0.4 is 5.32 Å². The SMILES string of the molecule is CN1CCOC(CNCc2cc(F)cc3cccnc23)C1. The molecule has 2 heterocycles. The van der Waals surface area contributed by atoms with E-state index in [0.29, 0.717) is 6.54 Å². The molecule has 1 N–H and O–H groups in total. The van der Waals surface area contributed by atoms with Crippen LogP contribution in [0.2, 0.25) is 0 Å². The van der Waals surface area contributed by atoms with Crippen molar-refractivity contribution >= 4 is 10.9 Å². The Balaban J connectivity index is 1.65. The summed E-state index contributed by atoms with van der Waals surface area (Å²) in [5.41, 5.74) is 1.74. The molecule has 1 fully saturated rings. The van der Waals surface area contributed by atoms with Gasteiger partial charge in [-0.3, -0.25) is 4.98 Å². The van der Waals surface area contributed by atoms with Crippen LogP contribution >= 0.6 is 0 Å². The number of hydrogen-bond acceptors (Lipinski definition) is 4. The van der Waals surface area contributed by atoms with Crippen LogP contribution in [0.4, 0.5) is 4.39 Å². The summed E-state index contributed by atoms with van der Waals surface area (Å²) in [5, 5.41) is 4.19. The summed E-state index contributed by atoms with van der Waals surface area (Å²) in [6, 6.07) is 6.78. The third-order valence-electron chi connectivity index (χ3n) is 3.78. The number of morpholine rings is 1. The van der Waals surface area contributed by atoms with Crippen LogP contribution in [0.3, 0.4) is 0 Å². The Kier molecular flexibility index (Phi) is 4.43. The monoisotopic (exact) mass is 289 g/mol. The van der Waals surface area contributed by atoms with Gasteiger partial charge in [-0.1, -0.05) is 6.07 Å². The molecule has 2 aromatic rings. The highest BCUT2D eigenvalue weighted by molar-refractivity contribution is 5.81. The molecule has 1 saturated heterocycles. The summed E-state index contributed by atoms with van der Waals surface area (Å²) < 4.78 is 19.3. The number of rotatable bonds is 4. The molecule has 0 spiro atoms. The van der Waals surface area contributed by atoms with E-state index in [0.717, 1.165) is 42.7 Å². The van der Waals surface area contributed by atoms with Gasteiger partial charge >= 0.3 is 0 Å². The summed E-state index contributed by atoms with van der Waals surface area (Å²) in [4.78, 5) is 6.61. The van der Waals surface area contributed by atoms with Crippen LogP contribution in [-0.4, -0.2) is 49.3 Å². The molecule has 0 saturated carbocycles. The average Bonchev–Trinajstić information content (AvgIpc) is 2.47. The van der Waals surface area contributed by atoms with Gasteiger partial charge in [0.05, 0.1) is 18.2 Å². The number of ether oxygens (including phenoxy) is 1. The molecule has 0 aliphatic carbocycles. The van der Waals surface area contributed by atoms with Crippen LogP contribution in [0.5, 0.6) is 0 Å². The number of halogens is 1. The second-order valence-electron chi connectivity index (χ2n) is 5.53. The highest BCUT2D eigenvalue weighted by atomic mass is 19.1. The Labute approximate surface area is 123 Å². The fourth-order valence-electron chi connectivity index (χ4n) is 2.72. The van der Waals surface area contributed by atoms with Crippen LogP contribution in [0.15, 0.2) is 30.5 Å². The number of likely N-dealkylation sites (N-methyl/N-ethyl adjacent to an activating group) is 1. The normalized spacial score (nSPS) is 20.0. The lowest BCUT2D eigenvalue weighted by Crippen LogP contribution is -2.44. The lowest BCUT2D eigenvalue weighted by atomic mass is 10.1. The van der Waals surface area contributed by atoms with Crippen LogP contribution in [-0.2, 0) is 11.3 Å². The Morgan fingerprint density at radius 1 is 1.48 bits per heavy atom. The number of nitrogens with zero attached hydrogens (tertiary/aromatic N) is 2. The van der Waals surface area contributed by atoms with E-state index in [9.17, 15) is 4.39 Å². The molecule has 112 valence electrons. The van der Waals surface area contributed by atoms with Crippen molar-refractivity contribution in [2.45, 2.75) is 12.6 Å². The van der Waals surface area contributed by atoms with Gasteiger partial charge in [0.15, 0.2) is 0 Å². The molecule has 0 bridgehead atoms. The van der Waals surface area contributed by atoms with Gasteiger partial charge in [-0.25, -0.2) is 4.39 Å². The maximum absolute atomic E-state index is 13.6. The van der Waals surface area contributed by atoms with Crippen molar-refractivity contribution in [2.24, 2.45) is 0 Å². The van der Waals surface area contributed by atoms with E-state index in [4.69, 9.17) is 4.74 Å². The van der Waals surface area contributed by atoms with Crippen molar-refractivity contribution < 1.29 is 9.13 Å². The zero-order valence-electron chi connectivity index (χ0n) is 12.2. The first-order valence-corrected chi connectivity index (χ1v) is 7.26. The number of fused-ring (bicyclic) bond motifs is 1. The lowest BCUT2D eigenvalue weighted by molar-refractivity contribution is -0.0182. The Bertz CT molecular complexity index is 619. The van der Waals surface area contributed by atoms with Gasteiger partial charge in [-0.2, -0.15) is 0 Å². The molecule has 3 rings (SSSR count). The van der Waals surface area contributed by atoms with Crippen LogP contribution in [0.1, 0.15) is 5.56 Å². The molecular formula is C16H20FN3O. The topological polar surface area (TPSA) is 37.4 Å². The van der Waals surface area contributed by atoms with Crippen LogP contribution in [0, 0.1) is 5.82 Å². The number of nitrogens with one attached hydrogen (secondary N) is 1. The molecule has 1 aliphatic heterocycles. The van der Waals surface area contributed by atoms with Crippen molar-refractivity contribution in [3.05, 3.63) is 41.8 Å². The lowest BCUT2D eigenvalue weighted by Gasteiger charge is -2.30. The maximum Gasteiger partial charge on any atom is 0.124 e. The fraction of sp³-hybridized carbons (Fsp3) is 0.438. The molecule has 4 nitrogen and oxygen atoms in total. The number of aromatic nitrogens is 1. The standard InChI is InChI=1S/C16H20FN3O/c1-20-5-6-21-15(11-20)10-18-9-13-8-14(17)7-12-3-2-4-19-16(12)13/h2-4,7-8,15,18H,5-6,9-11H2,1H3. The minimum absolute atomic E-state index is 0.191. The number of benzene rings is 1. The quantitative estimate of drug-likeness (QED) is 0.931. The Morgan fingerprint density at radius 3 is 3.24 bits per heavy atom. The highest BCUT2D eigenvalue weighted by Gasteiger charge is 2.17. The van der Waals surface area contributed by atoms with E-state index in [1.807, 2.05) is 12.1 Å². The van der Waals surface area contributed by atoms with Crippen LogP contribution in [0.25, 0.3) is 10.9 Å². The third kappa shape index (κ3) is 3.56. The van der Waals surface area contributed by atoms with Gasteiger partial charge in [-0.15, -0.1) is 0 Å². The molecule has 1 aromatic heterocycles.